The Bertz CT molecular complexity index is 645. The lowest BCUT2D eigenvalue weighted by Gasteiger charge is -2.26. The molecule has 0 saturated carbocycles. The summed E-state index contributed by atoms with van der Waals surface area (Å²) in [6.45, 7) is 2.46. The van der Waals surface area contributed by atoms with Gasteiger partial charge in [-0.25, -0.2) is 4.79 Å². The van der Waals surface area contributed by atoms with Crippen LogP contribution in [0.1, 0.15) is 26.7 Å². The Labute approximate surface area is 178 Å². The third-order valence-electron chi connectivity index (χ3n) is 3.99. The van der Waals surface area contributed by atoms with Gasteiger partial charge in [0.25, 0.3) is 0 Å². The van der Waals surface area contributed by atoms with Crippen LogP contribution in [-0.2, 0) is 24.0 Å². The highest BCUT2D eigenvalue weighted by Crippen LogP contribution is 2.02. The quantitative estimate of drug-likeness (QED) is 0.123. The number of thiol groups is 1. The lowest BCUT2D eigenvalue weighted by Crippen LogP contribution is -2.60. The number of carbonyl (C=O) groups is 5. The summed E-state index contributed by atoms with van der Waals surface area (Å²) in [5.41, 5.74) is 10.4. The zero-order valence-electron chi connectivity index (χ0n) is 16.6. The molecule has 10 N–H and O–H groups in total. The summed E-state index contributed by atoms with van der Waals surface area (Å²) in [4.78, 5) is 58.8. The van der Waals surface area contributed by atoms with Gasteiger partial charge in [0.1, 0.15) is 24.2 Å². The van der Waals surface area contributed by atoms with Gasteiger partial charge in [0.05, 0.1) is 12.2 Å². The van der Waals surface area contributed by atoms with Crippen molar-refractivity contribution in [1.82, 2.24) is 16.0 Å². The highest BCUT2D eigenvalue weighted by Gasteiger charge is 2.32. The third kappa shape index (κ3) is 9.39. The molecule has 14 heteroatoms. The highest BCUT2D eigenvalue weighted by atomic mass is 32.1. The second-order valence-electron chi connectivity index (χ2n) is 6.64. The standard InChI is InChI=1S/C16H29N5O8S/c1-6(22)11(18)14(26)20-9(5-30)13(25)21-12(7(2)23)15(27)19-8(16(28)29)3-4-10(17)24/h6-9,11-12,22-23,30H,3-5,18H2,1-2H3,(H2,17,24)(H,19,27)(H,20,26)(H,21,25)(H,28,29). The molecule has 30 heavy (non-hydrogen) atoms. The largest absolute Gasteiger partial charge is 0.480 e. The molecule has 6 atom stereocenters. The fourth-order valence-electron chi connectivity index (χ4n) is 2.15. The molecule has 0 spiro atoms. The Morgan fingerprint density at radius 3 is 1.83 bits per heavy atom. The number of aliphatic hydroxyl groups excluding tert-OH is 2. The summed E-state index contributed by atoms with van der Waals surface area (Å²) in [5.74, 6) is -5.17. The first-order valence-corrected chi connectivity index (χ1v) is 9.59. The predicted molar refractivity (Wildman–Crippen MR) is 107 cm³/mol. The van der Waals surface area contributed by atoms with Crippen LogP contribution in [0.15, 0.2) is 0 Å². The molecule has 6 unspecified atom stereocenters. The molecule has 0 bridgehead atoms. The third-order valence-corrected chi connectivity index (χ3v) is 4.36. The van der Waals surface area contributed by atoms with Gasteiger partial charge in [-0.2, -0.15) is 12.6 Å². The topological polar surface area (TPSA) is 234 Å². The Kier molecular flexibility index (Phi) is 11.9. The van der Waals surface area contributed by atoms with Crippen molar-refractivity contribution in [3.63, 3.8) is 0 Å². The number of aliphatic carboxylic acids is 1. The molecule has 0 aliphatic carbocycles. The van der Waals surface area contributed by atoms with E-state index in [0.717, 1.165) is 0 Å². The number of nitrogens with one attached hydrogen (secondary N) is 3. The Hall–Kier alpha value is -2.42. The normalized spacial score (nSPS) is 16.9. The van der Waals surface area contributed by atoms with Crippen molar-refractivity contribution in [2.24, 2.45) is 11.5 Å². The molecule has 172 valence electrons. The van der Waals surface area contributed by atoms with Crippen LogP contribution >= 0.6 is 12.6 Å². The van der Waals surface area contributed by atoms with E-state index >= 15 is 0 Å². The van der Waals surface area contributed by atoms with E-state index < -0.39 is 66.0 Å². The number of carboxylic acid groups (broad SMARTS) is 1. The average molecular weight is 452 g/mol. The van der Waals surface area contributed by atoms with Crippen LogP contribution in [0.3, 0.4) is 0 Å². The van der Waals surface area contributed by atoms with Crippen molar-refractivity contribution in [2.75, 3.05) is 5.75 Å². The molecule has 13 nitrogen and oxygen atoms in total. The maximum absolute atomic E-state index is 12.4. The number of hydrogen-bond acceptors (Lipinski definition) is 9. The van der Waals surface area contributed by atoms with Crippen molar-refractivity contribution in [3.05, 3.63) is 0 Å². The van der Waals surface area contributed by atoms with Crippen molar-refractivity contribution in [3.8, 4) is 0 Å². The van der Waals surface area contributed by atoms with E-state index in [-0.39, 0.29) is 18.6 Å². The summed E-state index contributed by atoms with van der Waals surface area (Å²) in [6.07, 6.45) is -3.21. The van der Waals surface area contributed by atoms with E-state index in [2.05, 4.69) is 28.6 Å². The molecule has 0 aromatic carbocycles. The fraction of sp³-hybridized carbons (Fsp3) is 0.688. The van der Waals surface area contributed by atoms with Gasteiger partial charge < -0.3 is 42.7 Å². The molecule has 0 aliphatic rings. The van der Waals surface area contributed by atoms with Crippen molar-refractivity contribution >= 4 is 42.2 Å². The molecule has 0 aliphatic heterocycles. The van der Waals surface area contributed by atoms with Gasteiger partial charge in [-0.15, -0.1) is 0 Å². The molecule has 0 aromatic heterocycles. The lowest BCUT2D eigenvalue weighted by atomic mass is 10.1. The molecule has 4 amide bonds. The first-order valence-electron chi connectivity index (χ1n) is 8.96. The average Bonchev–Trinajstić information content (AvgIpc) is 2.65. The smallest absolute Gasteiger partial charge is 0.326 e. The minimum absolute atomic E-state index is 0.200. The number of amides is 4. The van der Waals surface area contributed by atoms with Crippen molar-refractivity contribution in [2.45, 2.75) is 63.1 Å². The SMILES string of the molecule is CC(O)C(N)C(=O)NC(CS)C(=O)NC(C(=O)NC(CCC(N)=O)C(=O)O)C(C)O. The molecule has 0 aromatic rings. The molecule has 0 rings (SSSR count). The highest BCUT2D eigenvalue weighted by molar-refractivity contribution is 7.80. The zero-order chi connectivity index (χ0) is 23.6. The van der Waals surface area contributed by atoms with E-state index in [9.17, 15) is 34.2 Å². The van der Waals surface area contributed by atoms with Gasteiger partial charge in [-0.05, 0) is 20.3 Å². The Morgan fingerprint density at radius 1 is 0.900 bits per heavy atom. The second kappa shape index (κ2) is 13.0. The second-order valence-corrected chi connectivity index (χ2v) is 7.01. The van der Waals surface area contributed by atoms with Gasteiger partial charge in [-0.3, -0.25) is 19.2 Å². The molecule has 0 saturated heterocycles. The summed E-state index contributed by atoms with van der Waals surface area (Å²) >= 11 is 3.94. The molecular weight excluding hydrogens is 422 g/mol. The number of carboxylic acids is 1. The zero-order valence-corrected chi connectivity index (χ0v) is 17.5. The van der Waals surface area contributed by atoms with Gasteiger partial charge in [-0.1, -0.05) is 0 Å². The Morgan fingerprint density at radius 2 is 1.43 bits per heavy atom. The molecule has 0 heterocycles. The monoisotopic (exact) mass is 451 g/mol. The Balaban J connectivity index is 5.20. The van der Waals surface area contributed by atoms with Gasteiger partial charge in [0, 0.05) is 12.2 Å². The lowest BCUT2D eigenvalue weighted by molar-refractivity contribution is -0.143. The van der Waals surface area contributed by atoms with Crippen molar-refractivity contribution in [1.29, 1.82) is 0 Å². The summed E-state index contributed by atoms with van der Waals surface area (Å²) < 4.78 is 0. The molecular formula is C16H29N5O8S. The molecule has 0 radical (unpaired) electrons. The first kappa shape index (κ1) is 27.6. The number of primary amides is 1. The fourth-order valence-corrected chi connectivity index (χ4v) is 2.40. The number of rotatable bonds is 13. The maximum Gasteiger partial charge on any atom is 0.326 e. The van der Waals surface area contributed by atoms with E-state index in [1.807, 2.05) is 0 Å². The van der Waals surface area contributed by atoms with Gasteiger partial charge in [0.15, 0.2) is 0 Å². The van der Waals surface area contributed by atoms with Crippen LogP contribution in [0.2, 0.25) is 0 Å². The summed E-state index contributed by atoms with van der Waals surface area (Å²) in [7, 11) is 0. The van der Waals surface area contributed by atoms with Crippen LogP contribution in [0.5, 0.6) is 0 Å². The minimum Gasteiger partial charge on any atom is -0.480 e. The van der Waals surface area contributed by atoms with Crippen molar-refractivity contribution < 1.29 is 39.3 Å². The maximum atomic E-state index is 12.4. The number of aliphatic hydroxyl groups is 2. The van der Waals surface area contributed by atoms with Gasteiger partial charge >= 0.3 is 5.97 Å². The van der Waals surface area contributed by atoms with Crippen LogP contribution < -0.4 is 27.4 Å². The summed E-state index contributed by atoms with van der Waals surface area (Å²) in [6, 6.07) is -5.62. The van der Waals surface area contributed by atoms with E-state index in [4.69, 9.17) is 16.6 Å². The van der Waals surface area contributed by atoms with E-state index in [1.54, 1.807) is 0 Å². The van der Waals surface area contributed by atoms with Gasteiger partial charge in [0.2, 0.25) is 23.6 Å². The summed E-state index contributed by atoms with van der Waals surface area (Å²) in [5, 5.41) is 34.9. The predicted octanol–water partition coefficient (Wildman–Crippen LogP) is -4.19. The number of hydrogen-bond donors (Lipinski definition) is 9. The number of carbonyl (C=O) groups excluding carboxylic acids is 4. The minimum atomic E-state index is -1.57. The molecule has 0 fully saturated rings. The van der Waals surface area contributed by atoms with Crippen LogP contribution in [-0.4, -0.2) is 87.0 Å². The van der Waals surface area contributed by atoms with E-state index in [1.165, 1.54) is 13.8 Å². The van der Waals surface area contributed by atoms with Crippen LogP contribution in [0.4, 0.5) is 0 Å². The van der Waals surface area contributed by atoms with E-state index in [0.29, 0.717) is 0 Å². The van der Waals surface area contributed by atoms with Crippen LogP contribution in [0, 0.1) is 0 Å². The van der Waals surface area contributed by atoms with Crippen LogP contribution in [0.25, 0.3) is 0 Å². The number of nitrogens with two attached hydrogens (primary N) is 2. The first-order chi connectivity index (χ1) is 13.8.